The first kappa shape index (κ1) is 29.6. The molecule has 228 valence electrons. The molecule has 0 saturated carbocycles. The number of ether oxygens (including phenoxy) is 1. The van der Waals surface area contributed by atoms with Gasteiger partial charge in [0.2, 0.25) is 11.7 Å². The molecule has 0 bridgehead atoms. The molecule has 0 aliphatic carbocycles. The molecule has 0 radical (unpaired) electrons. The van der Waals surface area contributed by atoms with Crippen molar-refractivity contribution in [3.8, 4) is 28.3 Å². The lowest BCUT2D eigenvalue weighted by Gasteiger charge is -2.48. The van der Waals surface area contributed by atoms with E-state index in [1.54, 1.807) is 24.1 Å². The van der Waals surface area contributed by atoms with Crippen LogP contribution in [0.15, 0.2) is 54.0 Å². The van der Waals surface area contributed by atoms with Gasteiger partial charge >= 0.3 is 0 Å². The summed E-state index contributed by atoms with van der Waals surface area (Å²) in [7, 11) is 0. The third-order valence-electron chi connectivity index (χ3n) is 8.46. The van der Waals surface area contributed by atoms with E-state index in [-0.39, 0.29) is 57.8 Å². The van der Waals surface area contributed by atoms with E-state index < -0.39 is 28.5 Å². The summed E-state index contributed by atoms with van der Waals surface area (Å²) in [4.78, 5) is 35.3. The van der Waals surface area contributed by atoms with Gasteiger partial charge in [-0.1, -0.05) is 38.1 Å². The number of carbonyl (C=O) groups excluding carboxylic acids is 1. The van der Waals surface area contributed by atoms with Gasteiger partial charge in [-0.2, -0.15) is 0 Å². The van der Waals surface area contributed by atoms with Gasteiger partial charge in [-0.15, -0.1) is 0 Å². The van der Waals surface area contributed by atoms with Crippen molar-refractivity contribution in [2.24, 2.45) is 0 Å². The summed E-state index contributed by atoms with van der Waals surface area (Å²) < 4.78 is 39.7. The monoisotopic (exact) mass is 620 g/mol. The molecule has 4 aromatic rings. The fourth-order valence-electron chi connectivity index (χ4n) is 6.40. The maximum atomic E-state index is 17.2. The molecule has 1 saturated heterocycles. The predicted octanol–water partition coefficient (Wildman–Crippen LogP) is 6.11. The number of hydrogen-bond acceptors (Lipinski definition) is 6. The van der Waals surface area contributed by atoms with Crippen LogP contribution in [0.3, 0.4) is 0 Å². The van der Waals surface area contributed by atoms with Gasteiger partial charge in [0, 0.05) is 36.3 Å². The van der Waals surface area contributed by atoms with Gasteiger partial charge in [0.1, 0.15) is 18.2 Å². The van der Waals surface area contributed by atoms with E-state index in [0.29, 0.717) is 35.7 Å². The van der Waals surface area contributed by atoms with Crippen molar-refractivity contribution < 1.29 is 23.4 Å². The number of aromatic nitrogens is 2. The molecular weight excluding hydrogens is 590 g/mol. The van der Waals surface area contributed by atoms with Gasteiger partial charge < -0.3 is 19.6 Å². The summed E-state index contributed by atoms with van der Waals surface area (Å²) in [6, 6.07) is 6.24. The number of fused-ring (bicyclic) bond motifs is 5. The molecule has 2 aliphatic rings. The molecule has 6 rings (SSSR count). The number of benzene rings is 2. The van der Waals surface area contributed by atoms with E-state index in [1.807, 2.05) is 25.7 Å². The van der Waals surface area contributed by atoms with E-state index in [2.05, 4.69) is 11.6 Å². The summed E-state index contributed by atoms with van der Waals surface area (Å²) in [5, 5.41) is 10.7. The summed E-state index contributed by atoms with van der Waals surface area (Å²) in [6.45, 7) is 11.9. The highest BCUT2D eigenvalue weighted by Gasteiger charge is 2.41. The molecular formula is C33H31ClF2N4O4. The smallest absolute Gasteiger partial charge is 0.300 e. The van der Waals surface area contributed by atoms with Crippen LogP contribution in [-0.2, 0) is 4.79 Å². The zero-order chi connectivity index (χ0) is 31.6. The number of rotatable bonds is 4. The first-order valence-electron chi connectivity index (χ1n) is 14.3. The lowest BCUT2D eigenvalue weighted by atomic mass is 9.97. The lowest BCUT2D eigenvalue weighted by Crippen LogP contribution is -2.62. The third kappa shape index (κ3) is 4.42. The Balaban J connectivity index is 1.75. The minimum absolute atomic E-state index is 0.0133. The Labute approximate surface area is 257 Å². The van der Waals surface area contributed by atoms with Crippen molar-refractivity contribution >= 4 is 34.1 Å². The number of pyridine rings is 2. The van der Waals surface area contributed by atoms with Crippen LogP contribution in [0, 0.1) is 18.6 Å². The molecule has 0 unspecified atom stereocenters. The Kier molecular flexibility index (Phi) is 7.36. The van der Waals surface area contributed by atoms with E-state index in [4.69, 9.17) is 16.3 Å². The van der Waals surface area contributed by atoms with Crippen molar-refractivity contribution in [3.05, 3.63) is 87.5 Å². The first-order chi connectivity index (χ1) is 21.0. The maximum Gasteiger partial charge on any atom is 0.300 e. The molecule has 44 heavy (non-hydrogen) atoms. The molecule has 1 fully saturated rings. The van der Waals surface area contributed by atoms with Crippen LogP contribution in [0.5, 0.6) is 11.5 Å². The fourth-order valence-corrected chi connectivity index (χ4v) is 6.68. The van der Waals surface area contributed by atoms with E-state index in [1.165, 1.54) is 28.8 Å². The molecule has 1 N–H and O–H groups in total. The number of carbonyl (C=O) groups is 1. The molecule has 2 atom stereocenters. The fraction of sp³-hybridized carbons (Fsp3) is 0.303. The minimum atomic E-state index is -0.985. The van der Waals surface area contributed by atoms with E-state index in [0.717, 1.165) is 6.07 Å². The molecule has 2 aromatic heterocycles. The minimum Gasteiger partial charge on any atom is -0.507 e. The summed E-state index contributed by atoms with van der Waals surface area (Å²) in [5.74, 6) is -2.72. The zero-order valence-electron chi connectivity index (χ0n) is 24.7. The van der Waals surface area contributed by atoms with Gasteiger partial charge in [0.05, 0.1) is 39.2 Å². The van der Waals surface area contributed by atoms with Gasteiger partial charge in [-0.25, -0.2) is 8.78 Å². The molecule has 0 spiro atoms. The molecule has 4 heterocycles. The number of aromatic hydroxyl groups is 1. The highest BCUT2D eigenvalue weighted by atomic mass is 35.5. The number of anilines is 1. The van der Waals surface area contributed by atoms with Crippen LogP contribution in [0.25, 0.3) is 27.7 Å². The summed E-state index contributed by atoms with van der Waals surface area (Å²) >= 11 is 6.73. The average Bonchev–Trinajstić information content (AvgIpc) is 2.98. The van der Waals surface area contributed by atoms with Crippen molar-refractivity contribution in [1.82, 2.24) is 14.5 Å². The van der Waals surface area contributed by atoms with E-state index >= 15 is 8.78 Å². The van der Waals surface area contributed by atoms with Crippen LogP contribution in [0.1, 0.15) is 37.9 Å². The number of piperazine rings is 1. The topological polar surface area (TPSA) is 87.9 Å². The number of halogens is 3. The summed E-state index contributed by atoms with van der Waals surface area (Å²) in [6.07, 6.45) is 2.89. The van der Waals surface area contributed by atoms with Crippen LogP contribution < -0.4 is 15.2 Å². The largest absolute Gasteiger partial charge is 0.507 e. The van der Waals surface area contributed by atoms with Gasteiger partial charge in [0.15, 0.2) is 5.82 Å². The first-order valence-corrected chi connectivity index (χ1v) is 14.7. The average molecular weight is 621 g/mol. The predicted molar refractivity (Wildman–Crippen MR) is 166 cm³/mol. The van der Waals surface area contributed by atoms with Crippen molar-refractivity contribution in [3.63, 3.8) is 0 Å². The van der Waals surface area contributed by atoms with Crippen LogP contribution >= 0.6 is 11.6 Å². The Morgan fingerprint density at radius 3 is 2.64 bits per heavy atom. The Hall–Kier alpha value is -4.44. The molecule has 2 aliphatic heterocycles. The third-order valence-corrected chi connectivity index (χ3v) is 8.75. The molecule has 1 amide bonds. The second kappa shape index (κ2) is 10.9. The SMILES string of the molecule is C=CC(=O)N1C[C@@H]2COc3c(c4cc(Cl)c(-c5c(O)cccc5F)c(F)c4n(-c4c(C)ccnc4C(C)C)c3=O)N2C[C@H]1C. The number of hydrogen-bond donors (Lipinski definition) is 1. The standard InChI is InChI=1S/C33H31ClF2N4O4/c1-6-24(42)38-14-19-15-44-32-31(39(19)13-18(38)5)20-12-21(34)25(26-22(35)8-7-9-23(26)41)27(36)30(20)40(33(32)43)29-17(4)10-11-37-28(29)16(2)3/h6-12,16,18-19,41H,1,13-15H2,2-5H3/t18-,19-/m1/s1. The van der Waals surface area contributed by atoms with Crippen LogP contribution in [0.2, 0.25) is 5.02 Å². The Morgan fingerprint density at radius 1 is 1.20 bits per heavy atom. The number of aryl methyl sites for hydroxylation is 1. The van der Waals surface area contributed by atoms with Crippen LogP contribution in [0.4, 0.5) is 14.5 Å². The second-order valence-corrected chi connectivity index (χ2v) is 12.0. The highest BCUT2D eigenvalue weighted by Crippen LogP contribution is 2.47. The second-order valence-electron chi connectivity index (χ2n) is 11.6. The number of nitrogens with zero attached hydrogens (tertiary/aromatic N) is 4. The van der Waals surface area contributed by atoms with Crippen molar-refractivity contribution in [2.45, 2.75) is 45.7 Å². The van der Waals surface area contributed by atoms with Crippen molar-refractivity contribution in [1.29, 1.82) is 0 Å². The number of amides is 1. The van der Waals surface area contributed by atoms with Gasteiger partial charge in [-0.05, 0) is 55.7 Å². The van der Waals surface area contributed by atoms with Crippen LogP contribution in [-0.4, -0.2) is 57.2 Å². The highest BCUT2D eigenvalue weighted by molar-refractivity contribution is 6.34. The normalized spacial score (nSPS) is 17.8. The number of phenols is 1. The molecule has 8 nitrogen and oxygen atoms in total. The molecule has 11 heteroatoms. The molecule has 2 aromatic carbocycles. The summed E-state index contributed by atoms with van der Waals surface area (Å²) in [5.41, 5.74) is 0.366. The Bertz CT molecular complexity index is 1900. The maximum absolute atomic E-state index is 17.2. The zero-order valence-corrected chi connectivity index (χ0v) is 25.5. The van der Waals surface area contributed by atoms with E-state index in [9.17, 15) is 14.7 Å². The van der Waals surface area contributed by atoms with Gasteiger partial charge in [0.25, 0.3) is 5.56 Å². The number of phenolic OH excluding ortho intramolecular Hbond substituents is 1. The van der Waals surface area contributed by atoms with Crippen molar-refractivity contribution in [2.75, 3.05) is 24.6 Å². The van der Waals surface area contributed by atoms with Gasteiger partial charge in [-0.3, -0.25) is 19.1 Å². The Morgan fingerprint density at radius 2 is 1.95 bits per heavy atom. The quantitative estimate of drug-likeness (QED) is 0.277. The lowest BCUT2D eigenvalue weighted by molar-refractivity contribution is -0.129.